The highest BCUT2D eigenvalue weighted by atomic mass is 16.9. The van der Waals surface area contributed by atoms with Gasteiger partial charge in [0.05, 0.1) is 6.42 Å². The average Bonchev–Trinajstić information content (AvgIpc) is 2.36. The second kappa shape index (κ2) is 6.58. The van der Waals surface area contributed by atoms with Crippen molar-refractivity contribution in [2.45, 2.75) is 13.0 Å². The Morgan fingerprint density at radius 2 is 1.94 bits per heavy atom. The Balaban J connectivity index is 2.55. The second-order valence-electron chi connectivity index (χ2n) is 3.81. The quantitative estimate of drug-likeness (QED) is 0.563. The summed E-state index contributed by atoms with van der Waals surface area (Å²) < 4.78 is 0. The molecule has 0 unspecified atom stereocenters. The number of carbonyl (C=O) groups is 1. The van der Waals surface area contributed by atoms with Crippen LogP contribution in [0.5, 0.6) is 0 Å². The van der Waals surface area contributed by atoms with Crippen molar-refractivity contribution in [3.8, 4) is 0 Å². The Bertz CT molecular complexity index is 417. The van der Waals surface area contributed by atoms with Gasteiger partial charge in [0, 0.05) is 13.6 Å². The molecule has 0 N–H and O–H groups in total. The van der Waals surface area contributed by atoms with E-state index in [9.17, 15) is 14.9 Å². The average molecular weight is 251 g/mol. The first-order chi connectivity index (χ1) is 8.52. The van der Waals surface area contributed by atoms with Gasteiger partial charge in [-0.15, -0.1) is 10.1 Å². The van der Waals surface area contributed by atoms with Crippen LogP contribution < -0.4 is 0 Å². The number of rotatable bonds is 6. The van der Waals surface area contributed by atoms with E-state index in [-0.39, 0.29) is 12.5 Å². The molecule has 0 saturated carbocycles. The van der Waals surface area contributed by atoms with Crippen LogP contribution in [0.2, 0.25) is 0 Å². The molecule has 0 aliphatic rings. The molecule has 0 aliphatic heterocycles. The van der Waals surface area contributed by atoms with Gasteiger partial charge in [-0.25, -0.2) is 0 Å². The van der Waals surface area contributed by atoms with Gasteiger partial charge in [0.15, 0.2) is 0 Å². The molecule has 18 heavy (non-hydrogen) atoms. The Labute approximate surface area is 105 Å². The van der Waals surface area contributed by atoms with Crippen LogP contribution in [0.1, 0.15) is 11.1 Å². The molecule has 1 aromatic carbocycles. The second-order valence-corrected chi connectivity index (χ2v) is 3.81. The Hall–Kier alpha value is -2.11. The molecule has 0 atom stereocenters. The molecule has 6 nitrogen and oxygen atoms in total. The topological polar surface area (TPSA) is 72.7 Å². The van der Waals surface area contributed by atoms with E-state index in [1.54, 1.807) is 31.3 Å². The molecule has 0 aromatic heterocycles. The van der Waals surface area contributed by atoms with E-state index in [1.807, 2.05) is 0 Å². The van der Waals surface area contributed by atoms with E-state index in [1.165, 1.54) is 4.90 Å². The highest BCUT2D eigenvalue weighted by molar-refractivity contribution is 5.78. The van der Waals surface area contributed by atoms with Gasteiger partial charge >= 0.3 is 0 Å². The molecule has 97 valence electrons. The van der Waals surface area contributed by atoms with Crippen molar-refractivity contribution < 1.29 is 14.7 Å². The fraction of sp³-hybridized carbons (Fsp3) is 0.333. The van der Waals surface area contributed by atoms with Gasteiger partial charge in [0.2, 0.25) is 5.91 Å². The SMILES string of the molecule is [CH2]CN(C)C(=O)Cc1ccc(CO[N+](=O)[O-])cc1. The van der Waals surface area contributed by atoms with Crippen LogP contribution in [0, 0.1) is 17.0 Å². The molecule has 1 aromatic rings. The van der Waals surface area contributed by atoms with E-state index in [2.05, 4.69) is 11.8 Å². The first kappa shape index (κ1) is 14.0. The number of hydrogen-bond donors (Lipinski definition) is 0. The van der Waals surface area contributed by atoms with Gasteiger partial charge in [-0.2, -0.15) is 0 Å². The Morgan fingerprint density at radius 1 is 1.39 bits per heavy atom. The Morgan fingerprint density at radius 3 is 2.44 bits per heavy atom. The van der Waals surface area contributed by atoms with E-state index >= 15 is 0 Å². The number of carbonyl (C=O) groups excluding carboxylic acids is 1. The van der Waals surface area contributed by atoms with Crippen LogP contribution in [0.4, 0.5) is 0 Å². The summed E-state index contributed by atoms with van der Waals surface area (Å²) in [5, 5.41) is 9.19. The molecular weight excluding hydrogens is 236 g/mol. The third kappa shape index (κ3) is 4.40. The van der Waals surface area contributed by atoms with E-state index < -0.39 is 5.09 Å². The number of nitrogens with zero attached hydrogens (tertiary/aromatic N) is 2. The van der Waals surface area contributed by atoms with E-state index in [0.29, 0.717) is 18.5 Å². The molecule has 0 heterocycles. The highest BCUT2D eigenvalue weighted by Gasteiger charge is 2.07. The van der Waals surface area contributed by atoms with Crippen molar-refractivity contribution >= 4 is 5.91 Å². The van der Waals surface area contributed by atoms with Crippen LogP contribution in [0.3, 0.4) is 0 Å². The summed E-state index contributed by atoms with van der Waals surface area (Å²) in [5.74, 6) is -0.0145. The lowest BCUT2D eigenvalue weighted by Gasteiger charge is -2.14. The molecule has 0 bridgehead atoms. The predicted molar refractivity (Wildman–Crippen MR) is 64.9 cm³/mol. The minimum Gasteiger partial charge on any atom is -0.345 e. The zero-order chi connectivity index (χ0) is 13.5. The lowest BCUT2D eigenvalue weighted by Crippen LogP contribution is -2.27. The molecule has 0 saturated heterocycles. The number of likely N-dealkylation sites (N-methyl/N-ethyl adjacent to an activating group) is 1. The lowest BCUT2D eigenvalue weighted by molar-refractivity contribution is -0.763. The minimum atomic E-state index is -0.833. The van der Waals surface area contributed by atoms with Crippen LogP contribution in [-0.4, -0.2) is 29.5 Å². The fourth-order valence-electron chi connectivity index (χ4n) is 1.31. The van der Waals surface area contributed by atoms with E-state index in [0.717, 1.165) is 5.56 Å². The number of benzene rings is 1. The first-order valence-corrected chi connectivity index (χ1v) is 5.41. The molecule has 1 rings (SSSR count). The fourth-order valence-corrected chi connectivity index (χ4v) is 1.31. The van der Waals surface area contributed by atoms with Gasteiger partial charge < -0.3 is 9.74 Å². The Kier molecular flexibility index (Phi) is 5.10. The number of amides is 1. The maximum Gasteiger partial charge on any atom is 0.294 e. The third-order valence-electron chi connectivity index (χ3n) is 2.48. The molecular formula is C12H15N2O4. The van der Waals surface area contributed by atoms with Crippen molar-refractivity contribution in [3.05, 3.63) is 52.4 Å². The summed E-state index contributed by atoms with van der Waals surface area (Å²) in [6, 6.07) is 6.92. The maximum absolute atomic E-state index is 11.6. The molecule has 6 heteroatoms. The van der Waals surface area contributed by atoms with Crippen LogP contribution in [0.15, 0.2) is 24.3 Å². The summed E-state index contributed by atoms with van der Waals surface area (Å²) in [5.41, 5.74) is 1.54. The van der Waals surface area contributed by atoms with Gasteiger partial charge in [-0.05, 0) is 18.1 Å². The van der Waals surface area contributed by atoms with Crippen LogP contribution in [0.25, 0.3) is 0 Å². The summed E-state index contributed by atoms with van der Waals surface area (Å²) in [6.45, 7) is 3.97. The van der Waals surface area contributed by atoms with Gasteiger partial charge in [0.1, 0.15) is 6.61 Å². The van der Waals surface area contributed by atoms with E-state index in [4.69, 9.17) is 0 Å². The van der Waals surface area contributed by atoms with Crippen LogP contribution >= 0.6 is 0 Å². The highest BCUT2D eigenvalue weighted by Crippen LogP contribution is 2.07. The summed E-state index contributed by atoms with van der Waals surface area (Å²) >= 11 is 0. The lowest BCUT2D eigenvalue weighted by atomic mass is 10.1. The van der Waals surface area contributed by atoms with Gasteiger partial charge in [-0.1, -0.05) is 24.3 Å². The van der Waals surface area contributed by atoms with Crippen molar-refractivity contribution in [2.24, 2.45) is 0 Å². The monoisotopic (exact) mass is 251 g/mol. The number of hydrogen-bond acceptors (Lipinski definition) is 4. The van der Waals surface area contributed by atoms with Gasteiger partial charge in [-0.3, -0.25) is 4.79 Å². The summed E-state index contributed by atoms with van der Waals surface area (Å²) in [6.07, 6.45) is 0.294. The van der Waals surface area contributed by atoms with Crippen molar-refractivity contribution in [1.82, 2.24) is 4.90 Å². The largest absolute Gasteiger partial charge is 0.345 e. The molecule has 0 spiro atoms. The summed E-state index contributed by atoms with van der Waals surface area (Å²) in [4.78, 5) is 27.4. The zero-order valence-corrected chi connectivity index (χ0v) is 10.2. The van der Waals surface area contributed by atoms with Crippen molar-refractivity contribution in [2.75, 3.05) is 13.6 Å². The molecule has 0 fully saturated rings. The normalized spacial score (nSPS) is 9.89. The maximum atomic E-state index is 11.6. The third-order valence-corrected chi connectivity index (χ3v) is 2.48. The van der Waals surface area contributed by atoms with Crippen molar-refractivity contribution in [1.29, 1.82) is 0 Å². The minimum absolute atomic E-state index is 0.0145. The molecule has 1 amide bonds. The van der Waals surface area contributed by atoms with Gasteiger partial charge in [0.25, 0.3) is 5.09 Å². The molecule has 0 aliphatic carbocycles. The summed E-state index contributed by atoms with van der Waals surface area (Å²) in [7, 11) is 1.69. The van der Waals surface area contributed by atoms with Crippen LogP contribution in [-0.2, 0) is 22.7 Å². The smallest absolute Gasteiger partial charge is 0.294 e. The zero-order valence-electron chi connectivity index (χ0n) is 10.2. The van der Waals surface area contributed by atoms with Crippen molar-refractivity contribution in [3.63, 3.8) is 0 Å². The predicted octanol–water partition coefficient (Wildman–Crippen LogP) is 1.23. The first-order valence-electron chi connectivity index (χ1n) is 5.41. The molecule has 1 radical (unpaired) electrons. The standard InChI is InChI=1S/C12H15N2O4/c1-3-13(2)12(15)8-10-4-6-11(7-5-10)9-18-14(16)17/h4-7H,1,3,8-9H2,2H3.